The zero-order chi connectivity index (χ0) is 26.7. The fraction of sp³-hybridized carbons (Fsp3) is 0.346. The number of carbonyl (C=O) groups excluding carboxylic acids is 1. The van der Waals surface area contributed by atoms with E-state index in [9.17, 15) is 26.4 Å². The minimum Gasteiger partial charge on any atom is -0.345 e. The maximum absolute atomic E-state index is 13.9. The first-order valence-corrected chi connectivity index (χ1v) is 13.5. The molecule has 1 N–H and O–H groups in total. The van der Waals surface area contributed by atoms with Crippen molar-refractivity contribution in [1.29, 1.82) is 0 Å². The maximum Gasteiger partial charge on any atom is 0.417 e. The number of benzene rings is 2. The molecule has 1 aromatic heterocycles. The Morgan fingerprint density at radius 1 is 1.03 bits per heavy atom. The van der Waals surface area contributed by atoms with Crippen molar-refractivity contribution in [3.05, 3.63) is 71.4 Å². The first-order chi connectivity index (χ1) is 16.9. The predicted molar refractivity (Wildman–Crippen MR) is 135 cm³/mol. The molecule has 0 unspecified atom stereocenters. The van der Waals surface area contributed by atoms with E-state index in [1.54, 1.807) is 23.8 Å². The topological polar surface area (TPSA) is 71.4 Å². The Balaban J connectivity index is 2.04. The molecule has 0 saturated heterocycles. The maximum atomic E-state index is 13.9. The number of nitrogens with one attached hydrogen (secondary N) is 1. The number of anilines is 1. The Hall–Kier alpha value is -3.11. The number of aromatic nitrogens is 1. The van der Waals surface area contributed by atoms with Gasteiger partial charge in [-0.05, 0) is 55.9 Å². The molecule has 0 aliphatic heterocycles. The number of nitrogens with zero attached hydrogens (tertiary/aromatic N) is 2. The highest BCUT2D eigenvalue weighted by molar-refractivity contribution is 7.90. The molecule has 0 aliphatic carbocycles. The molecule has 0 saturated carbocycles. The summed E-state index contributed by atoms with van der Waals surface area (Å²) < 4.78 is 66.6. The van der Waals surface area contributed by atoms with E-state index in [-0.39, 0.29) is 16.0 Å². The summed E-state index contributed by atoms with van der Waals surface area (Å²) in [6.45, 7) is 8.26. The number of rotatable bonds is 9. The molecule has 2 aromatic carbocycles. The number of carbonyl (C=O) groups is 1. The summed E-state index contributed by atoms with van der Waals surface area (Å²) in [7, 11) is -3.39. The van der Waals surface area contributed by atoms with E-state index in [4.69, 9.17) is 0 Å². The highest BCUT2D eigenvalue weighted by atomic mass is 32.2. The van der Waals surface area contributed by atoms with Crippen LogP contribution in [0.2, 0.25) is 0 Å². The monoisotopic (exact) mass is 521 g/mol. The smallest absolute Gasteiger partial charge is 0.345 e. The Morgan fingerprint density at radius 2 is 1.64 bits per heavy atom. The second kappa shape index (κ2) is 10.9. The van der Waals surface area contributed by atoms with E-state index in [1.165, 1.54) is 36.4 Å². The molecule has 6 nitrogen and oxygen atoms in total. The molecule has 0 radical (unpaired) electrons. The van der Waals surface area contributed by atoms with Gasteiger partial charge >= 0.3 is 6.18 Å². The van der Waals surface area contributed by atoms with Crippen LogP contribution < -0.4 is 5.32 Å². The molecule has 0 aliphatic rings. The minimum absolute atomic E-state index is 0.0126. The van der Waals surface area contributed by atoms with E-state index in [1.807, 2.05) is 13.8 Å². The lowest BCUT2D eigenvalue weighted by atomic mass is 10.00. The van der Waals surface area contributed by atoms with Gasteiger partial charge in [0, 0.05) is 36.8 Å². The third-order valence-electron chi connectivity index (χ3n) is 6.16. The fourth-order valence-electron chi connectivity index (χ4n) is 4.13. The first kappa shape index (κ1) is 27.5. The van der Waals surface area contributed by atoms with Gasteiger partial charge < -0.3 is 14.8 Å². The van der Waals surface area contributed by atoms with E-state index < -0.39 is 27.5 Å². The van der Waals surface area contributed by atoms with Crippen molar-refractivity contribution in [1.82, 2.24) is 9.47 Å². The normalized spacial score (nSPS) is 12.2. The van der Waals surface area contributed by atoms with Crippen LogP contribution >= 0.6 is 0 Å². The zero-order valence-corrected chi connectivity index (χ0v) is 21.5. The summed E-state index contributed by atoms with van der Waals surface area (Å²) in [5.41, 5.74) is 0.634. The Morgan fingerprint density at radius 3 is 2.19 bits per heavy atom. The van der Waals surface area contributed by atoms with Crippen LogP contribution in [0, 0.1) is 6.92 Å². The van der Waals surface area contributed by atoms with Crippen molar-refractivity contribution < 1.29 is 26.4 Å². The van der Waals surface area contributed by atoms with Crippen molar-refractivity contribution in [2.45, 2.75) is 38.4 Å². The largest absolute Gasteiger partial charge is 0.417 e. The molecule has 1 amide bonds. The van der Waals surface area contributed by atoms with Crippen LogP contribution in [0.4, 0.5) is 18.9 Å². The van der Waals surface area contributed by atoms with Gasteiger partial charge in [-0.3, -0.25) is 4.79 Å². The fourth-order valence-corrected chi connectivity index (χ4v) is 4.76. The van der Waals surface area contributed by atoms with Crippen molar-refractivity contribution in [2.75, 3.05) is 31.2 Å². The van der Waals surface area contributed by atoms with Crippen molar-refractivity contribution in [3.8, 4) is 11.3 Å². The summed E-state index contributed by atoms with van der Waals surface area (Å²) in [4.78, 5) is 15.4. The van der Waals surface area contributed by atoms with Gasteiger partial charge in [-0.15, -0.1) is 0 Å². The zero-order valence-electron chi connectivity index (χ0n) is 20.7. The molecule has 10 heteroatoms. The molecule has 3 aromatic rings. The molecule has 36 heavy (non-hydrogen) atoms. The lowest BCUT2D eigenvalue weighted by Crippen LogP contribution is -2.27. The van der Waals surface area contributed by atoms with E-state index in [0.29, 0.717) is 30.0 Å². The second-order valence-corrected chi connectivity index (χ2v) is 10.5. The van der Waals surface area contributed by atoms with Crippen LogP contribution in [-0.4, -0.2) is 49.7 Å². The SMILES string of the molecule is CCN(CC)CCn1cc(C(=O)Nc2ccc(S(C)(=O)=O)cc2)c(C)c1-c1ccccc1C(F)(F)F. The second-order valence-electron chi connectivity index (χ2n) is 8.53. The molecule has 194 valence electrons. The van der Waals surface area contributed by atoms with Gasteiger partial charge in [-0.1, -0.05) is 32.0 Å². The number of sulfone groups is 1. The number of halogens is 3. The molecule has 3 rings (SSSR count). The molecular formula is C26H30F3N3O3S. The molecule has 0 atom stereocenters. The molecule has 1 heterocycles. The molecule has 0 spiro atoms. The third-order valence-corrected chi connectivity index (χ3v) is 7.28. The molecule has 0 fully saturated rings. The van der Waals surface area contributed by atoms with Crippen molar-refractivity contribution in [2.24, 2.45) is 0 Å². The summed E-state index contributed by atoms with van der Waals surface area (Å²) in [6.07, 6.45) is -1.88. The average Bonchev–Trinajstić information content (AvgIpc) is 3.15. The lowest BCUT2D eigenvalue weighted by molar-refractivity contribution is -0.137. The number of hydrogen-bond acceptors (Lipinski definition) is 4. The van der Waals surface area contributed by atoms with E-state index in [0.717, 1.165) is 25.4 Å². The van der Waals surface area contributed by atoms with Crippen molar-refractivity contribution >= 4 is 21.4 Å². The van der Waals surface area contributed by atoms with Gasteiger partial charge in [0.1, 0.15) is 0 Å². The van der Waals surface area contributed by atoms with Gasteiger partial charge in [-0.2, -0.15) is 13.2 Å². The number of hydrogen-bond donors (Lipinski definition) is 1. The highest BCUT2D eigenvalue weighted by Crippen LogP contribution is 2.39. The molecule has 0 bridgehead atoms. The van der Waals surface area contributed by atoms with Crippen LogP contribution in [0.1, 0.15) is 35.3 Å². The first-order valence-electron chi connectivity index (χ1n) is 11.6. The van der Waals surface area contributed by atoms with Crippen LogP contribution in [0.15, 0.2) is 59.6 Å². The summed E-state index contributed by atoms with van der Waals surface area (Å²) in [5.74, 6) is -0.494. The van der Waals surface area contributed by atoms with Gasteiger partial charge in [0.15, 0.2) is 9.84 Å². The van der Waals surface area contributed by atoms with Crippen LogP contribution in [-0.2, 0) is 22.6 Å². The summed E-state index contributed by atoms with van der Waals surface area (Å²) in [5, 5.41) is 2.72. The van der Waals surface area contributed by atoms with Crippen LogP contribution in [0.25, 0.3) is 11.3 Å². The molecular weight excluding hydrogens is 491 g/mol. The van der Waals surface area contributed by atoms with Gasteiger partial charge in [0.2, 0.25) is 0 Å². The number of amides is 1. The lowest BCUT2D eigenvalue weighted by Gasteiger charge is -2.20. The predicted octanol–water partition coefficient (Wildman–Crippen LogP) is 5.48. The highest BCUT2D eigenvalue weighted by Gasteiger charge is 2.35. The number of likely N-dealkylation sites (N-methyl/N-ethyl adjacent to an activating group) is 1. The van der Waals surface area contributed by atoms with E-state index in [2.05, 4.69) is 10.2 Å². The minimum atomic E-state index is -4.55. The van der Waals surface area contributed by atoms with Crippen LogP contribution in [0.3, 0.4) is 0 Å². The van der Waals surface area contributed by atoms with Gasteiger partial charge in [0.05, 0.1) is 21.7 Å². The average molecular weight is 522 g/mol. The summed E-state index contributed by atoms with van der Waals surface area (Å²) in [6, 6.07) is 11.1. The van der Waals surface area contributed by atoms with E-state index >= 15 is 0 Å². The van der Waals surface area contributed by atoms with Gasteiger partial charge in [0.25, 0.3) is 5.91 Å². The Labute approximate surface area is 209 Å². The Kier molecular flexibility index (Phi) is 8.30. The van der Waals surface area contributed by atoms with Gasteiger partial charge in [-0.25, -0.2) is 8.42 Å². The third kappa shape index (κ3) is 6.17. The standard InChI is InChI=1S/C26H30F3N3O3S/c1-5-31(6-2)15-16-32-17-22(25(33)30-19-11-13-20(14-12-19)36(4,34)35)18(3)24(32)21-9-7-8-10-23(21)26(27,28)29/h7-14,17H,5-6,15-16H2,1-4H3,(H,30,33). The van der Waals surface area contributed by atoms with Crippen LogP contribution in [0.5, 0.6) is 0 Å². The quantitative estimate of drug-likeness (QED) is 0.405. The summed E-state index contributed by atoms with van der Waals surface area (Å²) >= 11 is 0. The Bertz CT molecular complexity index is 1330. The number of alkyl halides is 3. The van der Waals surface area contributed by atoms with Crippen molar-refractivity contribution in [3.63, 3.8) is 0 Å².